The van der Waals surface area contributed by atoms with E-state index in [0.717, 1.165) is 39.8 Å². The van der Waals surface area contributed by atoms with Crippen molar-refractivity contribution in [3.8, 4) is 0 Å². The van der Waals surface area contributed by atoms with E-state index in [-0.39, 0.29) is 24.8 Å². The van der Waals surface area contributed by atoms with Crippen LogP contribution in [0.5, 0.6) is 0 Å². The van der Waals surface area contributed by atoms with Crippen molar-refractivity contribution in [1.29, 1.82) is 0 Å². The number of fused-ring (bicyclic) bond motifs is 2. The number of nitrogens with two attached hydrogens (primary N) is 1. The highest BCUT2D eigenvalue weighted by molar-refractivity contribution is 5.84. The van der Waals surface area contributed by atoms with Gasteiger partial charge in [0, 0.05) is 43.0 Å². The van der Waals surface area contributed by atoms with Gasteiger partial charge < -0.3 is 25.7 Å². The number of nitrogens with zero attached hydrogens (tertiary/aromatic N) is 2. The smallest absolute Gasteiger partial charge is 0.239 e. The van der Waals surface area contributed by atoms with Gasteiger partial charge in [-0.1, -0.05) is 72.8 Å². The van der Waals surface area contributed by atoms with Crippen molar-refractivity contribution in [2.75, 3.05) is 26.2 Å². The fraction of sp³-hybridized carbons (Fsp3) is 0.436. The van der Waals surface area contributed by atoms with E-state index >= 15 is 0 Å². The van der Waals surface area contributed by atoms with Gasteiger partial charge in [0.25, 0.3) is 0 Å². The Morgan fingerprint density at radius 3 is 2.42 bits per heavy atom. The normalized spacial score (nSPS) is 21.4. The molecular formula is C39H48N4O5. The molecule has 1 aromatic heterocycles. The molecule has 1 aliphatic carbocycles. The highest BCUT2D eigenvalue weighted by Gasteiger charge is 2.54. The number of carbonyl (C=O) groups excluding carboxylic acids is 2. The molecule has 4 aromatic rings. The van der Waals surface area contributed by atoms with Gasteiger partial charge in [0.2, 0.25) is 11.8 Å². The van der Waals surface area contributed by atoms with Crippen LogP contribution >= 0.6 is 0 Å². The maximum absolute atomic E-state index is 13.8. The van der Waals surface area contributed by atoms with Crippen LogP contribution in [0.1, 0.15) is 55.6 Å². The molecule has 9 nitrogen and oxygen atoms in total. The summed E-state index contributed by atoms with van der Waals surface area (Å²) in [7, 11) is 0. The number of aryl methyl sites for hydroxylation is 1. The minimum absolute atomic E-state index is 0.0000599. The molecule has 6 rings (SSSR count). The molecule has 5 atom stereocenters. The number of rotatable bonds is 11. The molecule has 2 amide bonds. The number of carbonyl (C=O) groups is 2. The number of primary amides is 1. The van der Waals surface area contributed by atoms with Gasteiger partial charge in [0.05, 0.1) is 24.2 Å². The van der Waals surface area contributed by atoms with Gasteiger partial charge in [-0.05, 0) is 68.9 Å². The Hall–Kier alpha value is -4.02. The van der Waals surface area contributed by atoms with Gasteiger partial charge in [0.15, 0.2) is 0 Å². The van der Waals surface area contributed by atoms with E-state index in [0.29, 0.717) is 32.6 Å². The minimum Gasteiger partial charge on any atom is -0.460 e. The van der Waals surface area contributed by atoms with E-state index in [1.807, 2.05) is 105 Å². The quantitative estimate of drug-likeness (QED) is 0.193. The average Bonchev–Trinajstić information content (AvgIpc) is 3.67. The standard InChI is InChI=1S/C39H48N4O5/c1-38(2,3)41-36(46)32-24-42(23-29-21-28-14-8-10-16-34(28)48-29)19-20-43(32)25-33(44)35(45)39(37(40)47,22-26-11-5-4-6-12-26)31-18-17-27-13-7-9-15-30(27)31/h4-16,21,31-33,35,44-45H,17-20,22-25H2,1-3H3,(H2,40,47)(H,41,46)/t31-,32-,33-,35-,39+/m0/s1. The maximum atomic E-state index is 13.8. The molecule has 0 unspecified atom stereocenters. The van der Waals surface area contributed by atoms with Crippen molar-refractivity contribution in [3.05, 3.63) is 107 Å². The van der Waals surface area contributed by atoms with Crippen molar-refractivity contribution in [1.82, 2.24) is 15.1 Å². The number of piperazine rings is 1. The first-order chi connectivity index (χ1) is 22.9. The van der Waals surface area contributed by atoms with Crippen LogP contribution in [0.25, 0.3) is 11.0 Å². The molecule has 3 aromatic carbocycles. The number of para-hydroxylation sites is 1. The lowest BCUT2D eigenvalue weighted by atomic mass is 9.63. The highest BCUT2D eigenvalue weighted by Crippen LogP contribution is 2.50. The van der Waals surface area contributed by atoms with E-state index in [9.17, 15) is 19.8 Å². The summed E-state index contributed by atoms with van der Waals surface area (Å²) in [4.78, 5) is 31.6. The van der Waals surface area contributed by atoms with Crippen LogP contribution in [0.2, 0.25) is 0 Å². The van der Waals surface area contributed by atoms with Gasteiger partial charge >= 0.3 is 0 Å². The minimum atomic E-state index is -1.48. The predicted molar refractivity (Wildman–Crippen MR) is 186 cm³/mol. The third kappa shape index (κ3) is 7.05. The average molecular weight is 653 g/mol. The number of amides is 2. The van der Waals surface area contributed by atoms with Crippen LogP contribution in [0, 0.1) is 5.41 Å². The molecule has 1 saturated heterocycles. The zero-order valence-corrected chi connectivity index (χ0v) is 28.1. The molecule has 0 bridgehead atoms. The molecule has 1 aliphatic heterocycles. The summed E-state index contributed by atoms with van der Waals surface area (Å²) >= 11 is 0. The molecule has 0 saturated carbocycles. The number of β-amino-alcohol motifs (C(OH)–C–C–N with tert-alkyl or cyclic N) is 1. The van der Waals surface area contributed by atoms with Crippen molar-refractivity contribution in [3.63, 3.8) is 0 Å². The Morgan fingerprint density at radius 2 is 1.69 bits per heavy atom. The second kappa shape index (κ2) is 13.8. The summed E-state index contributed by atoms with van der Waals surface area (Å²) in [5.74, 6) is -0.360. The summed E-state index contributed by atoms with van der Waals surface area (Å²) in [6.45, 7) is 7.85. The summed E-state index contributed by atoms with van der Waals surface area (Å²) in [6.07, 6.45) is -1.25. The second-order valence-corrected chi connectivity index (χ2v) is 14.6. The largest absolute Gasteiger partial charge is 0.460 e. The van der Waals surface area contributed by atoms with E-state index in [4.69, 9.17) is 10.2 Å². The Labute approximate surface area is 282 Å². The Morgan fingerprint density at radius 1 is 0.979 bits per heavy atom. The van der Waals surface area contributed by atoms with E-state index in [2.05, 4.69) is 16.3 Å². The fourth-order valence-electron chi connectivity index (χ4n) is 7.82. The topological polar surface area (TPSA) is 132 Å². The van der Waals surface area contributed by atoms with Crippen molar-refractivity contribution in [2.45, 2.75) is 76.3 Å². The van der Waals surface area contributed by atoms with Crippen LogP contribution in [-0.4, -0.2) is 81.8 Å². The Kier molecular flexibility index (Phi) is 9.76. The summed E-state index contributed by atoms with van der Waals surface area (Å²) in [5.41, 5.74) is 8.14. The SMILES string of the molecule is CC(C)(C)NC(=O)[C@@H]1CN(Cc2cc3ccccc3o2)CCN1C[C@H](O)[C@H](O)[C@](Cc1ccccc1)(C(N)=O)[C@H]1CCc2ccccc21. The lowest BCUT2D eigenvalue weighted by molar-refractivity contribution is -0.149. The third-order valence-electron chi connectivity index (χ3n) is 10.1. The van der Waals surface area contributed by atoms with Gasteiger partial charge in [-0.15, -0.1) is 0 Å². The van der Waals surface area contributed by atoms with E-state index in [1.165, 1.54) is 0 Å². The second-order valence-electron chi connectivity index (χ2n) is 14.6. The summed E-state index contributed by atoms with van der Waals surface area (Å²) in [6, 6.07) is 26.8. The third-order valence-corrected chi connectivity index (χ3v) is 10.1. The molecule has 1 fully saturated rings. The first-order valence-corrected chi connectivity index (χ1v) is 17.0. The molecule has 5 N–H and O–H groups in total. The number of aliphatic hydroxyl groups is 2. The van der Waals surface area contributed by atoms with Crippen LogP contribution in [0.3, 0.4) is 0 Å². The van der Waals surface area contributed by atoms with E-state index in [1.54, 1.807) is 0 Å². The fourth-order valence-corrected chi connectivity index (χ4v) is 7.82. The zero-order valence-electron chi connectivity index (χ0n) is 28.1. The van der Waals surface area contributed by atoms with Gasteiger partial charge in [-0.2, -0.15) is 0 Å². The van der Waals surface area contributed by atoms with Crippen LogP contribution < -0.4 is 11.1 Å². The van der Waals surface area contributed by atoms with Crippen molar-refractivity contribution in [2.24, 2.45) is 11.1 Å². The van der Waals surface area contributed by atoms with Gasteiger partial charge in [-0.3, -0.25) is 19.4 Å². The zero-order chi connectivity index (χ0) is 34.1. The molecule has 48 heavy (non-hydrogen) atoms. The number of benzene rings is 3. The van der Waals surface area contributed by atoms with Crippen LogP contribution in [0.15, 0.2) is 89.3 Å². The first-order valence-electron chi connectivity index (χ1n) is 17.0. The van der Waals surface area contributed by atoms with Crippen molar-refractivity contribution < 1.29 is 24.2 Å². The number of hydrogen-bond acceptors (Lipinski definition) is 7. The van der Waals surface area contributed by atoms with E-state index < -0.39 is 35.1 Å². The molecule has 254 valence electrons. The monoisotopic (exact) mass is 652 g/mol. The highest BCUT2D eigenvalue weighted by atomic mass is 16.3. The number of aliphatic hydroxyl groups excluding tert-OH is 2. The van der Waals surface area contributed by atoms with Crippen LogP contribution in [-0.2, 0) is 29.0 Å². The molecule has 0 spiro atoms. The lowest BCUT2D eigenvalue weighted by Gasteiger charge is -2.46. The Balaban J connectivity index is 1.27. The predicted octanol–water partition coefficient (Wildman–Crippen LogP) is 4.00. The van der Waals surface area contributed by atoms with Crippen LogP contribution in [0.4, 0.5) is 0 Å². The molecule has 9 heteroatoms. The van der Waals surface area contributed by atoms with Gasteiger partial charge in [-0.25, -0.2) is 0 Å². The van der Waals surface area contributed by atoms with Crippen molar-refractivity contribution >= 4 is 22.8 Å². The Bertz CT molecular complexity index is 1700. The first kappa shape index (κ1) is 33.9. The summed E-state index contributed by atoms with van der Waals surface area (Å²) < 4.78 is 6.08. The molecule has 2 heterocycles. The molecule has 2 aliphatic rings. The molecular weight excluding hydrogens is 604 g/mol. The number of furan rings is 1. The lowest BCUT2D eigenvalue weighted by Crippen LogP contribution is -2.64. The van der Waals surface area contributed by atoms with Gasteiger partial charge in [0.1, 0.15) is 17.4 Å². The summed E-state index contributed by atoms with van der Waals surface area (Å²) in [5, 5.41) is 28.2. The maximum Gasteiger partial charge on any atom is 0.239 e. The number of nitrogens with one attached hydrogen (secondary N) is 1. The number of hydrogen-bond donors (Lipinski definition) is 4. The molecule has 0 radical (unpaired) electrons.